The summed E-state index contributed by atoms with van der Waals surface area (Å²) in [4.78, 5) is 32.5. The van der Waals surface area contributed by atoms with Gasteiger partial charge in [0.05, 0.1) is 23.9 Å². The highest BCUT2D eigenvalue weighted by Crippen LogP contribution is 2.57. The molecule has 10 heteroatoms. The first kappa shape index (κ1) is 27.7. The first-order valence-corrected chi connectivity index (χ1v) is 15.2. The van der Waals surface area contributed by atoms with E-state index in [1.807, 2.05) is 17.0 Å². The fraction of sp³-hybridized carbons (Fsp3) is 0.485. The van der Waals surface area contributed by atoms with Crippen LogP contribution in [0, 0.1) is 22.6 Å². The molecule has 43 heavy (non-hydrogen) atoms. The van der Waals surface area contributed by atoms with Gasteiger partial charge in [0.25, 0.3) is 0 Å². The van der Waals surface area contributed by atoms with Crippen molar-refractivity contribution in [1.82, 2.24) is 24.8 Å². The number of likely N-dealkylation sites (N-methyl/N-ethyl adjacent to an activating group) is 1. The number of ether oxygens (including phenoxy) is 1. The van der Waals surface area contributed by atoms with E-state index in [2.05, 4.69) is 40.6 Å². The predicted molar refractivity (Wildman–Crippen MR) is 161 cm³/mol. The average Bonchev–Trinajstić information content (AvgIpc) is 3.46. The van der Waals surface area contributed by atoms with E-state index in [0.29, 0.717) is 48.6 Å². The van der Waals surface area contributed by atoms with E-state index in [4.69, 9.17) is 9.72 Å². The Bertz CT molecular complexity index is 1650. The topological polar surface area (TPSA) is 98.5 Å². The standard InChI is InChI=1S/C33H36FN7O2/c1-3-27(42)41-15-14-40(19-22(41)9-12-35)31-26-18-36-29(24-8-4-6-21-16-33(10-11-33)17-25(21)24)28(34)30(26)37-32(38-31)43-20-23-7-5-13-39(23)2/h3-4,6,8,18,22-23H,1,5,7,9-11,13-17,19-20H2,2H3/t22-,23-/m0/s1. The molecule has 1 saturated carbocycles. The van der Waals surface area contributed by atoms with Crippen molar-refractivity contribution in [2.24, 2.45) is 5.41 Å². The second-order valence-corrected chi connectivity index (χ2v) is 12.6. The van der Waals surface area contributed by atoms with Gasteiger partial charge in [0.15, 0.2) is 5.82 Å². The summed E-state index contributed by atoms with van der Waals surface area (Å²) in [7, 11) is 2.08. The molecule has 3 fully saturated rings. The number of carbonyl (C=O) groups is 1. The second-order valence-electron chi connectivity index (χ2n) is 12.6. The molecule has 0 N–H and O–H groups in total. The maximum absolute atomic E-state index is 16.6. The van der Waals surface area contributed by atoms with Gasteiger partial charge in [-0.3, -0.25) is 9.78 Å². The summed E-state index contributed by atoms with van der Waals surface area (Å²) in [5, 5.41) is 9.98. The van der Waals surface area contributed by atoms with E-state index >= 15 is 4.39 Å². The van der Waals surface area contributed by atoms with Crippen LogP contribution in [-0.2, 0) is 17.6 Å². The van der Waals surface area contributed by atoms with Gasteiger partial charge in [0.1, 0.15) is 23.6 Å². The lowest BCUT2D eigenvalue weighted by Crippen LogP contribution is -2.55. The van der Waals surface area contributed by atoms with Crippen molar-refractivity contribution in [3.8, 4) is 23.3 Å². The number of amides is 1. The monoisotopic (exact) mass is 581 g/mol. The fourth-order valence-electron chi connectivity index (χ4n) is 7.21. The molecular weight excluding hydrogens is 545 g/mol. The summed E-state index contributed by atoms with van der Waals surface area (Å²) in [5.74, 6) is -0.192. The molecule has 2 atom stereocenters. The van der Waals surface area contributed by atoms with Crippen LogP contribution in [0.1, 0.15) is 43.2 Å². The van der Waals surface area contributed by atoms with Crippen LogP contribution in [0.25, 0.3) is 22.2 Å². The SMILES string of the molecule is C=CC(=O)N1CCN(c2nc(OC[C@@H]3CCCN3C)nc3c(F)c(-c4cccc5c4CC4(CC4)C5)ncc23)C[C@@H]1CC#N. The van der Waals surface area contributed by atoms with E-state index in [1.165, 1.54) is 30.0 Å². The van der Waals surface area contributed by atoms with Crippen LogP contribution in [0.2, 0.25) is 0 Å². The van der Waals surface area contributed by atoms with Crippen molar-refractivity contribution >= 4 is 22.6 Å². The summed E-state index contributed by atoms with van der Waals surface area (Å²) in [5.41, 5.74) is 4.15. The van der Waals surface area contributed by atoms with Crippen molar-refractivity contribution in [2.45, 2.75) is 57.0 Å². The zero-order chi connectivity index (χ0) is 29.7. The molecule has 9 nitrogen and oxygen atoms in total. The third kappa shape index (κ3) is 4.99. The molecule has 7 rings (SSSR count). The number of piperazine rings is 1. The van der Waals surface area contributed by atoms with Crippen LogP contribution >= 0.6 is 0 Å². The van der Waals surface area contributed by atoms with E-state index in [-0.39, 0.29) is 35.9 Å². The molecule has 2 saturated heterocycles. The number of aromatic nitrogens is 3. The molecule has 2 aliphatic heterocycles. The number of benzene rings is 1. The van der Waals surface area contributed by atoms with Gasteiger partial charge in [-0.2, -0.15) is 15.2 Å². The van der Waals surface area contributed by atoms with Gasteiger partial charge in [-0.1, -0.05) is 24.8 Å². The summed E-state index contributed by atoms with van der Waals surface area (Å²) in [6.45, 7) is 6.24. The molecule has 1 spiro atoms. The molecule has 2 aliphatic carbocycles. The Labute approximate surface area is 251 Å². The van der Waals surface area contributed by atoms with Gasteiger partial charge in [0, 0.05) is 37.4 Å². The second kappa shape index (κ2) is 10.9. The fourth-order valence-corrected chi connectivity index (χ4v) is 7.21. The molecule has 4 aliphatic rings. The lowest BCUT2D eigenvalue weighted by atomic mass is 9.98. The zero-order valence-corrected chi connectivity index (χ0v) is 24.6. The molecule has 222 valence electrons. The van der Waals surface area contributed by atoms with Crippen LogP contribution in [-0.4, -0.2) is 82.6 Å². The number of anilines is 1. The summed E-state index contributed by atoms with van der Waals surface area (Å²) in [6, 6.07) is 8.33. The number of fused-ring (bicyclic) bond motifs is 2. The Morgan fingerprint density at radius 1 is 1.23 bits per heavy atom. The lowest BCUT2D eigenvalue weighted by molar-refractivity contribution is -0.128. The van der Waals surface area contributed by atoms with Crippen LogP contribution < -0.4 is 9.64 Å². The number of hydrogen-bond donors (Lipinski definition) is 0. The van der Waals surface area contributed by atoms with E-state index < -0.39 is 5.82 Å². The Hall–Kier alpha value is -4.10. The summed E-state index contributed by atoms with van der Waals surface area (Å²) < 4.78 is 22.8. The van der Waals surface area contributed by atoms with Gasteiger partial charge in [0.2, 0.25) is 5.91 Å². The molecule has 1 amide bonds. The first-order chi connectivity index (χ1) is 20.9. The number of hydrogen-bond acceptors (Lipinski definition) is 8. The van der Waals surface area contributed by atoms with Gasteiger partial charge >= 0.3 is 6.01 Å². The van der Waals surface area contributed by atoms with Crippen LogP contribution in [0.15, 0.2) is 37.1 Å². The van der Waals surface area contributed by atoms with Crippen LogP contribution in [0.5, 0.6) is 6.01 Å². The molecule has 1 aromatic carbocycles. The number of rotatable bonds is 7. The molecule has 2 aromatic heterocycles. The normalized spacial score (nSPS) is 22.5. The summed E-state index contributed by atoms with van der Waals surface area (Å²) in [6.07, 6.45) is 9.69. The number of nitriles is 1. The first-order valence-electron chi connectivity index (χ1n) is 15.2. The number of likely N-dealkylation sites (tertiary alicyclic amines) is 1. The highest BCUT2D eigenvalue weighted by Gasteiger charge is 2.47. The average molecular weight is 582 g/mol. The minimum Gasteiger partial charge on any atom is -0.462 e. The highest BCUT2D eigenvalue weighted by atomic mass is 19.1. The predicted octanol–water partition coefficient (Wildman–Crippen LogP) is 4.30. The van der Waals surface area contributed by atoms with Crippen LogP contribution in [0.3, 0.4) is 0 Å². The lowest BCUT2D eigenvalue weighted by Gasteiger charge is -2.41. The van der Waals surface area contributed by atoms with Gasteiger partial charge in [-0.05, 0) is 74.7 Å². The Morgan fingerprint density at radius 3 is 2.84 bits per heavy atom. The van der Waals surface area contributed by atoms with E-state index in [1.54, 1.807) is 11.1 Å². The quantitative estimate of drug-likeness (QED) is 0.381. The number of carbonyl (C=O) groups excluding carboxylic acids is 1. The minimum atomic E-state index is -0.483. The molecule has 0 unspecified atom stereocenters. The largest absolute Gasteiger partial charge is 0.462 e. The molecule has 0 radical (unpaired) electrons. The van der Waals surface area contributed by atoms with Crippen molar-refractivity contribution in [3.63, 3.8) is 0 Å². The number of nitrogens with zero attached hydrogens (tertiary/aromatic N) is 7. The number of pyridine rings is 1. The van der Waals surface area contributed by atoms with Crippen molar-refractivity contribution in [2.75, 3.05) is 44.7 Å². The maximum atomic E-state index is 16.6. The van der Waals surface area contributed by atoms with Gasteiger partial charge in [-0.15, -0.1) is 0 Å². The third-order valence-corrected chi connectivity index (χ3v) is 9.89. The zero-order valence-electron chi connectivity index (χ0n) is 24.6. The van der Waals surface area contributed by atoms with E-state index in [9.17, 15) is 10.1 Å². The van der Waals surface area contributed by atoms with Crippen molar-refractivity contribution in [3.05, 3.63) is 54.0 Å². The number of halogens is 1. The maximum Gasteiger partial charge on any atom is 0.319 e. The third-order valence-electron chi connectivity index (χ3n) is 9.89. The minimum absolute atomic E-state index is 0.121. The van der Waals surface area contributed by atoms with E-state index in [0.717, 1.165) is 37.8 Å². The Kier molecular flexibility index (Phi) is 7.01. The molecule has 3 aromatic rings. The van der Waals surface area contributed by atoms with Crippen molar-refractivity contribution < 1.29 is 13.9 Å². The van der Waals surface area contributed by atoms with Crippen molar-refractivity contribution in [1.29, 1.82) is 5.26 Å². The van der Waals surface area contributed by atoms with Gasteiger partial charge < -0.3 is 19.4 Å². The van der Waals surface area contributed by atoms with Gasteiger partial charge in [-0.25, -0.2) is 4.39 Å². The smallest absolute Gasteiger partial charge is 0.319 e. The Balaban J connectivity index is 1.29. The summed E-state index contributed by atoms with van der Waals surface area (Å²) >= 11 is 0. The Morgan fingerprint density at radius 2 is 2.09 bits per heavy atom. The molecular formula is C33H36FN7O2. The molecule has 4 heterocycles. The molecule has 0 bridgehead atoms. The highest BCUT2D eigenvalue weighted by molar-refractivity contribution is 5.93. The van der Waals surface area contributed by atoms with Crippen LogP contribution in [0.4, 0.5) is 10.2 Å².